The third-order valence-electron chi connectivity index (χ3n) is 5.26. The number of carboxylic acid groups (broad SMARTS) is 2. The van der Waals surface area contributed by atoms with Gasteiger partial charge < -0.3 is 15.1 Å². The molecule has 30 heavy (non-hydrogen) atoms. The summed E-state index contributed by atoms with van der Waals surface area (Å²) in [6.45, 7) is 3.81. The smallest absolute Gasteiger partial charge is 0.328 e. The number of unbranched alkanes of at least 4 members (excludes halogenated alkanes) is 1. The number of nitrogens with zero attached hydrogens (tertiary/aromatic N) is 1. The molecule has 0 spiro atoms. The van der Waals surface area contributed by atoms with Crippen LogP contribution >= 0.6 is 0 Å². The quantitative estimate of drug-likeness (QED) is 0.492. The van der Waals surface area contributed by atoms with Gasteiger partial charge in [-0.2, -0.15) is 0 Å². The van der Waals surface area contributed by atoms with Crippen molar-refractivity contribution in [1.82, 2.24) is 4.90 Å². The largest absolute Gasteiger partial charge is 0.478 e. The second-order valence-corrected chi connectivity index (χ2v) is 7.48. The summed E-state index contributed by atoms with van der Waals surface area (Å²) in [5.41, 5.74) is 3.01. The second kappa shape index (κ2) is 13.3. The fraction of sp³-hybridized carbons (Fsp3) is 0.360. The third-order valence-corrected chi connectivity index (χ3v) is 5.26. The molecule has 2 N–H and O–H groups in total. The van der Waals surface area contributed by atoms with E-state index >= 15 is 0 Å². The van der Waals surface area contributed by atoms with Gasteiger partial charge in [0.1, 0.15) is 0 Å². The predicted molar refractivity (Wildman–Crippen MR) is 119 cm³/mol. The van der Waals surface area contributed by atoms with E-state index in [2.05, 4.69) is 65.6 Å². The van der Waals surface area contributed by atoms with E-state index in [9.17, 15) is 9.59 Å². The van der Waals surface area contributed by atoms with E-state index in [1.54, 1.807) is 0 Å². The van der Waals surface area contributed by atoms with E-state index in [-0.39, 0.29) is 0 Å². The van der Waals surface area contributed by atoms with Gasteiger partial charge in [0.05, 0.1) is 0 Å². The minimum atomic E-state index is -1.26. The number of hydrogen-bond donors (Lipinski definition) is 2. The van der Waals surface area contributed by atoms with Gasteiger partial charge in [0, 0.05) is 12.2 Å². The number of hydrogen-bond acceptors (Lipinski definition) is 3. The van der Waals surface area contributed by atoms with Crippen LogP contribution in [0.3, 0.4) is 0 Å². The Morgan fingerprint density at radius 2 is 1.37 bits per heavy atom. The molecule has 3 rings (SSSR count). The fourth-order valence-corrected chi connectivity index (χ4v) is 3.67. The number of carbonyl (C=O) groups is 2. The summed E-state index contributed by atoms with van der Waals surface area (Å²) in [6.07, 6.45) is 7.62. The molecule has 0 aromatic heterocycles. The molecule has 0 aliphatic carbocycles. The first-order valence-corrected chi connectivity index (χ1v) is 10.5. The molecule has 2 aromatic rings. The molecule has 1 aliphatic rings. The van der Waals surface area contributed by atoms with Crippen LogP contribution in [-0.2, 0) is 16.0 Å². The van der Waals surface area contributed by atoms with Crippen molar-refractivity contribution < 1.29 is 19.8 Å². The van der Waals surface area contributed by atoms with E-state index in [4.69, 9.17) is 10.2 Å². The molecular formula is C25H31NO4. The zero-order valence-corrected chi connectivity index (χ0v) is 17.3. The minimum absolute atomic E-state index is 0.558. The number of aliphatic carboxylic acids is 2. The predicted octanol–water partition coefficient (Wildman–Crippen LogP) is 4.60. The van der Waals surface area contributed by atoms with E-state index in [0.717, 1.165) is 5.92 Å². The summed E-state index contributed by atoms with van der Waals surface area (Å²) in [7, 11) is 0. The Morgan fingerprint density at radius 3 is 1.90 bits per heavy atom. The Kier molecular flexibility index (Phi) is 10.4. The van der Waals surface area contributed by atoms with Crippen molar-refractivity contribution in [3.8, 4) is 0 Å². The van der Waals surface area contributed by atoms with Gasteiger partial charge in [-0.1, -0.05) is 60.7 Å². The molecule has 0 unspecified atom stereocenters. The molecule has 0 saturated carbocycles. The number of rotatable bonds is 8. The summed E-state index contributed by atoms with van der Waals surface area (Å²) in [6, 6.07) is 21.9. The summed E-state index contributed by atoms with van der Waals surface area (Å²) in [5.74, 6) is -1.73. The maximum atomic E-state index is 9.55. The van der Waals surface area contributed by atoms with Crippen molar-refractivity contribution in [1.29, 1.82) is 0 Å². The molecule has 1 heterocycles. The molecule has 0 atom stereocenters. The highest BCUT2D eigenvalue weighted by molar-refractivity contribution is 5.89. The van der Waals surface area contributed by atoms with Crippen LogP contribution in [0.15, 0.2) is 72.8 Å². The van der Waals surface area contributed by atoms with Gasteiger partial charge in [0.15, 0.2) is 0 Å². The average Bonchev–Trinajstić information content (AvgIpc) is 2.77. The number of aryl methyl sites for hydroxylation is 1. The second-order valence-electron chi connectivity index (χ2n) is 7.48. The Hall–Kier alpha value is -2.92. The highest BCUT2D eigenvalue weighted by atomic mass is 16.4. The Labute approximate surface area is 178 Å². The first-order valence-electron chi connectivity index (χ1n) is 10.5. The van der Waals surface area contributed by atoms with Crippen molar-refractivity contribution in [2.75, 3.05) is 19.6 Å². The van der Waals surface area contributed by atoms with E-state index in [1.165, 1.54) is 62.9 Å². The molecule has 5 heteroatoms. The molecule has 0 bridgehead atoms. The van der Waals surface area contributed by atoms with Gasteiger partial charge in [0.2, 0.25) is 0 Å². The van der Waals surface area contributed by atoms with Crippen molar-refractivity contribution >= 4 is 11.9 Å². The van der Waals surface area contributed by atoms with Crippen molar-refractivity contribution in [3.63, 3.8) is 0 Å². The molecule has 0 radical (unpaired) electrons. The van der Waals surface area contributed by atoms with Gasteiger partial charge in [0.25, 0.3) is 0 Å². The zero-order valence-electron chi connectivity index (χ0n) is 17.3. The number of carboxylic acids is 2. The lowest BCUT2D eigenvalue weighted by atomic mass is 9.89. The third kappa shape index (κ3) is 9.52. The SMILES string of the molecule is O=C(O)/C=C/C(=O)O.c1ccc(CCCCN2CCC(c3ccccc3)CC2)cc1. The van der Waals surface area contributed by atoms with Gasteiger partial charge in [-0.05, 0) is 68.8 Å². The van der Waals surface area contributed by atoms with Gasteiger partial charge in [-0.25, -0.2) is 9.59 Å². The molecule has 5 nitrogen and oxygen atoms in total. The average molecular weight is 410 g/mol. The van der Waals surface area contributed by atoms with Crippen LogP contribution in [0.5, 0.6) is 0 Å². The van der Waals surface area contributed by atoms with Crippen LogP contribution in [0.2, 0.25) is 0 Å². The first-order chi connectivity index (χ1) is 14.5. The van der Waals surface area contributed by atoms with Crippen LogP contribution < -0.4 is 0 Å². The minimum Gasteiger partial charge on any atom is -0.478 e. The van der Waals surface area contributed by atoms with Crippen LogP contribution in [0.1, 0.15) is 42.7 Å². The summed E-state index contributed by atoms with van der Waals surface area (Å²) < 4.78 is 0. The van der Waals surface area contributed by atoms with Crippen molar-refractivity contribution in [3.05, 3.63) is 83.9 Å². The van der Waals surface area contributed by atoms with Crippen LogP contribution in [0, 0.1) is 0 Å². The van der Waals surface area contributed by atoms with Gasteiger partial charge in [-0.15, -0.1) is 0 Å². The summed E-state index contributed by atoms with van der Waals surface area (Å²) in [5, 5.41) is 15.6. The molecule has 1 aliphatic heterocycles. The normalized spacial score (nSPS) is 14.8. The number of likely N-dealkylation sites (tertiary alicyclic amines) is 1. The monoisotopic (exact) mass is 409 g/mol. The fourth-order valence-electron chi connectivity index (χ4n) is 3.67. The van der Waals surface area contributed by atoms with E-state index in [0.29, 0.717) is 12.2 Å². The molecule has 0 amide bonds. The van der Waals surface area contributed by atoms with Gasteiger partial charge >= 0.3 is 11.9 Å². The molecule has 1 saturated heterocycles. The maximum Gasteiger partial charge on any atom is 0.328 e. The standard InChI is InChI=1S/C21H27N.C4H4O4/c1-3-9-19(10-4-1)11-7-8-16-22-17-14-21(15-18-22)20-12-5-2-6-13-20;5-3(6)1-2-4(7)8/h1-6,9-10,12-13,21H,7-8,11,14-18H2;1-2H,(H,5,6)(H,7,8)/b;2-1+. The summed E-state index contributed by atoms with van der Waals surface area (Å²) in [4.78, 5) is 21.8. The zero-order chi connectivity index (χ0) is 21.6. The first kappa shape index (κ1) is 23.4. The van der Waals surface area contributed by atoms with Crippen molar-refractivity contribution in [2.24, 2.45) is 0 Å². The Balaban J connectivity index is 0.000000343. The van der Waals surface area contributed by atoms with Crippen molar-refractivity contribution in [2.45, 2.75) is 38.0 Å². The van der Waals surface area contributed by atoms with E-state index < -0.39 is 11.9 Å². The number of piperidine rings is 1. The Bertz CT molecular complexity index is 765. The lowest BCUT2D eigenvalue weighted by Gasteiger charge is -2.32. The van der Waals surface area contributed by atoms with Crippen LogP contribution in [0.4, 0.5) is 0 Å². The lowest BCUT2D eigenvalue weighted by molar-refractivity contribution is -0.134. The van der Waals surface area contributed by atoms with E-state index in [1.807, 2.05) is 0 Å². The summed E-state index contributed by atoms with van der Waals surface area (Å²) >= 11 is 0. The molecular weight excluding hydrogens is 378 g/mol. The highest BCUT2D eigenvalue weighted by Crippen LogP contribution is 2.27. The molecule has 2 aromatic carbocycles. The molecule has 160 valence electrons. The maximum absolute atomic E-state index is 9.55. The number of benzene rings is 2. The Morgan fingerprint density at radius 1 is 0.833 bits per heavy atom. The van der Waals surface area contributed by atoms with Gasteiger partial charge in [-0.3, -0.25) is 0 Å². The highest BCUT2D eigenvalue weighted by Gasteiger charge is 2.19. The van der Waals surface area contributed by atoms with Crippen LogP contribution in [0.25, 0.3) is 0 Å². The topological polar surface area (TPSA) is 77.8 Å². The lowest BCUT2D eigenvalue weighted by Crippen LogP contribution is -2.33. The van der Waals surface area contributed by atoms with Crippen LogP contribution in [-0.4, -0.2) is 46.7 Å². The molecule has 1 fully saturated rings.